The molecule has 0 fully saturated rings. The predicted octanol–water partition coefficient (Wildman–Crippen LogP) is 23.6. The SMILES string of the molecule is CCCCC/C=C\C/C=C\C/C=C\C/C=C\CCCC(=O)O[C@H](COC(=O)CCCCCCC/C=C\CCCCCCCC)COP(=O)(O)OC[C@H](O)COP(=O)(O)OC[C@@H](COC(=O)CCCCCCC/C=C\CCCCCCCC)OC(=O)CCCCCCC/C=C\C=C/CCCCCC. The fourth-order valence-corrected chi connectivity index (χ4v) is 12.4. The van der Waals surface area contributed by atoms with Gasteiger partial charge in [-0.1, -0.05) is 279 Å². The van der Waals surface area contributed by atoms with Gasteiger partial charge in [0.25, 0.3) is 0 Å². The van der Waals surface area contributed by atoms with Gasteiger partial charge in [0.2, 0.25) is 0 Å². The van der Waals surface area contributed by atoms with Gasteiger partial charge in [0.15, 0.2) is 12.2 Å². The van der Waals surface area contributed by atoms with E-state index in [-0.39, 0.29) is 25.7 Å². The summed E-state index contributed by atoms with van der Waals surface area (Å²) in [6, 6.07) is 0. The summed E-state index contributed by atoms with van der Waals surface area (Å²) < 4.78 is 68.5. The lowest BCUT2D eigenvalue weighted by atomic mass is 10.1. The van der Waals surface area contributed by atoms with Gasteiger partial charge in [-0.05, 0) is 141 Å². The van der Waals surface area contributed by atoms with Crippen molar-refractivity contribution in [1.29, 1.82) is 0 Å². The highest BCUT2D eigenvalue weighted by molar-refractivity contribution is 7.47. The minimum Gasteiger partial charge on any atom is -0.462 e. The van der Waals surface area contributed by atoms with Crippen molar-refractivity contribution in [2.75, 3.05) is 39.6 Å². The van der Waals surface area contributed by atoms with Crippen LogP contribution in [-0.2, 0) is 65.4 Å². The molecule has 0 saturated heterocycles. The van der Waals surface area contributed by atoms with Crippen LogP contribution in [0.2, 0.25) is 0 Å². The molecule has 5 atom stereocenters. The number of esters is 4. The highest BCUT2D eigenvalue weighted by Crippen LogP contribution is 2.45. The van der Waals surface area contributed by atoms with Gasteiger partial charge in [-0.25, -0.2) is 9.13 Å². The second-order valence-corrected chi connectivity index (χ2v) is 29.9. The van der Waals surface area contributed by atoms with Crippen LogP contribution in [0, 0.1) is 0 Å². The van der Waals surface area contributed by atoms with Crippen molar-refractivity contribution in [2.45, 2.75) is 367 Å². The van der Waals surface area contributed by atoms with Crippen molar-refractivity contribution in [1.82, 2.24) is 0 Å². The maximum Gasteiger partial charge on any atom is 0.472 e. The standard InChI is InChI=1S/C83H146O17P2/c1-5-9-13-17-21-25-29-33-37-38-42-46-50-54-58-62-66-70-83(88)100-79(74-94-81(86)68-64-60-56-52-48-44-40-35-31-27-23-19-15-11-7-3)76-98-102(91,92)96-72-77(84)71-95-101(89,90)97-75-78(99-82(87)69-65-61-57-53-49-45-41-36-32-28-24-20-16-12-8-4)73-93-80(85)67-63-59-55-51-47-43-39-34-30-26-22-18-14-10-6-2/h21,25,28,32-37,39-42,46,54,58,77-79,84H,5-20,22-24,26-27,29-31,38,43-45,47-53,55-57,59-76H2,1-4H3,(H,89,90)(H,91,92)/b25-21-,32-28-,37-33-,39-34-,40-35-,41-36-,46-42-,58-54-/t77-,78-,79-/m1/s1. The van der Waals surface area contributed by atoms with Crippen LogP contribution in [0.3, 0.4) is 0 Å². The smallest absolute Gasteiger partial charge is 0.462 e. The average molecular weight is 1480 g/mol. The van der Waals surface area contributed by atoms with Gasteiger partial charge in [-0.2, -0.15) is 0 Å². The molecule has 0 aliphatic carbocycles. The number of ether oxygens (including phenoxy) is 4. The molecule has 19 heteroatoms. The summed E-state index contributed by atoms with van der Waals surface area (Å²) in [6.07, 6.45) is 79.6. The van der Waals surface area contributed by atoms with Crippen LogP contribution in [0.15, 0.2) is 97.2 Å². The number of allylic oxidation sites excluding steroid dienone is 16. The first-order valence-corrected chi connectivity index (χ1v) is 43.5. The minimum absolute atomic E-state index is 0.0176. The number of rotatable bonds is 76. The van der Waals surface area contributed by atoms with E-state index in [2.05, 4.69) is 113 Å². The Hall–Kier alpha value is -4.02. The molecule has 590 valence electrons. The number of aliphatic hydroxyl groups excluding tert-OH is 1. The Morgan fingerprint density at radius 1 is 0.284 bits per heavy atom. The van der Waals surface area contributed by atoms with Crippen LogP contribution in [0.5, 0.6) is 0 Å². The molecule has 0 aliphatic heterocycles. The van der Waals surface area contributed by atoms with E-state index >= 15 is 0 Å². The van der Waals surface area contributed by atoms with Crippen LogP contribution in [-0.4, -0.2) is 96.7 Å². The van der Waals surface area contributed by atoms with Gasteiger partial charge in [-0.15, -0.1) is 0 Å². The second kappa shape index (κ2) is 75.2. The summed E-state index contributed by atoms with van der Waals surface area (Å²) in [6.45, 7) is 4.76. The number of hydrogen-bond acceptors (Lipinski definition) is 15. The Morgan fingerprint density at radius 2 is 0.520 bits per heavy atom. The molecular formula is C83H146O17P2. The molecule has 0 heterocycles. The normalized spacial score (nSPS) is 14.4. The molecule has 0 aliphatic rings. The summed E-state index contributed by atoms with van der Waals surface area (Å²) in [4.78, 5) is 73.0. The molecule has 2 unspecified atom stereocenters. The number of phosphoric acid groups is 2. The topological polar surface area (TPSA) is 237 Å². The summed E-state index contributed by atoms with van der Waals surface area (Å²) >= 11 is 0. The van der Waals surface area contributed by atoms with E-state index in [0.717, 1.165) is 141 Å². The molecule has 0 aromatic carbocycles. The quantitative estimate of drug-likeness (QED) is 0.0128. The molecule has 0 amide bonds. The summed E-state index contributed by atoms with van der Waals surface area (Å²) in [5, 5.41) is 10.6. The zero-order valence-electron chi connectivity index (χ0n) is 64.5. The van der Waals surface area contributed by atoms with Crippen LogP contribution >= 0.6 is 15.6 Å². The van der Waals surface area contributed by atoms with Crippen LogP contribution < -0.4 is 0 Å². The van der Waals surface area contributed by atoms with Gasteiger partial charge in [0.1, 0.15) is 19.3 Å². The van der Waals surface area contributed by atoms with E-state index in [4.69, 9.17) is 37.0 Å². The second-order valence-electron chi connectivity index (χ2n) is 27.0. The van der Waals surface area contributed by atoms with Gasteiger partial charge in [0.05, 0.1) is 26.4 Å². The van der Waals surface area contributed by atoms with E-state index in [0.29, 0.717) is 32.1 Å². The van der Waals surface area contributed by atoms with Gasteiger partial charge in [-0.3, -0.25) is 37.3 Å². The Balaban J connectivity index is 5.43. The number of carbonyl (C=O) groups is 4. The zero-order chi connectivity index (χ0) is 74.6. The molecule has 0 rings (SSSR count). The number of hydrogen-bond donors (Lipinski definition) is 3. The van der Waals surface area contributed by atoms with E-state index < -0.39 is 97.5 Å². The first-order chi connectivity index (χ1) is 49.7. The lowest BCUT2D eigenvalue weighted by Gasteiger charge is -2.21. The molecule has 0 saturated carbocycles. The lowest BCUT2D eigenvalue weighted by molar-refractivity contribution is -0.161. The van der Waals surface area contributed by atoms with E-state index in [1.54, 1.807) is 0 Å². The largest absolute Gasteiger partial charge is 0.472 e. The molecule has 0 aromatic heterocycles. The zero-order valence-corrected chi connectivity index (χ0v) is 66.3. The first kappa shape index (κ1) is 98.0. The number of carbonyl (C=O) groups excluding carboxylic acids is 4. The Kier molecular flexibility index (Phi) is 72.3. The fourth-order valence-electron chi connectivity index (χ4n) is 10.8. The van der Waals surface area contributed by atoms with E-state index in [1.807, 2.05) is 12.2 Å². The molecule has 0 aromatic rings. The number of aliphatic hydroxyl groups is 1. The third-order valence-electron chi connectivity index (χ3n) is 17.0. The average Bonchev–Trinajstić information content (AvgIpc) is 0.917. The molecule has 17 nitrogen and oxygen atoms in total. The molecule has 3 N–H and O–H groups in total. The van der Waals surface area contributed by atoms with Crippen molar-refractivity contribution in [3.8, 4) is 0 Å². The third kappa shape index (κ3) is 74.3. The number of phosphoric ester groups is 2. The van der Waals surface area contributed by atoms with Gasteiger partial charge in [0, 0.05) is 25.7 Å². The third-order valence-corrected chi connectivity index (χ3v) is 18.9. The van der Waals surface area contributed by atoms with Crippen LogP contribution in [0.25, 0.3) is 0 Å². The van der Waals surface area contributed by atoms with Crippen LogP contribution in [0.1, 0.15) is 349 Å². The fraction of sp³-hybridized carbons (Fsp3) is 0.759. The Morgan fingerprint density at radius 3 is 0.873 bits per heavy atom. The molecule has 0 radical (unpaired) electrons. The van der Waals surface area contributed by atoms with Gasteiger partial charge < -0.3 is 33.8 Å². The van der Waals surface area contributed by atoms with E-state index in [9.17, 15) is 43.2 Å². The van der Waals surface area contributed by atoms with Crippen molar-refractivity contribution in [3.05, 3.63) is 97.2 Å². The van der Waals surface area contributed by atoms with Crippen molar-refractivity contribution in [3.63, 3.8) is 0 Å². The number of unbranched alkanes of at least 4 members (excludes halogenated alkanes) is 35. The maximum absolute atomic E-state index is 13.1. The highest BCUT2D eigenvalue weighted by atomic mass is 31.2. The monoisotopic (exact) mass is 1480 g/mol. The van der Waals surface area contributed by atoms with Gasteiger partial charge >= 0.3 is 39.5 Å². The Labute approximate surface area is 620 Å². The summed E-state index contributed by atoms with van der Waals surface area (Å²) in [7, 11) is -9.98. The van der Waals surface area contributed by atoms with Crippen LogP contribution in [0.4, 0.5) is 0 Å². The van der Waals surface area contributed by atoms with E-state index in [1.165, 1.54) is 122 Å². The predicted molar refractivity (Wildman–Crippen MR) is 418 cm³/mol. The molecule has 102 heavy (non-hydrogen) atoms. The molecular weight excluding hydrogens is 1330 g/mol. The summed E-state index contributed by atoms with van der Waals surface area (Å²) in [5.41, 5.74) is 0. The molecule has 0 bridgehead atoms. The van der Waals surface area contributed by atoms with Crippen molar-refractivity contribution in [2.24, 2.45) is 0 Å². The molecule has 0 spiro atoms. The Bertz CT molecular complexity index is 2310. The van der Waals surface area contributed by atoms with Crippen molar-refractivity contribution < 1.29 is 80.2 Å². The van der Waals surface area contributed by atoms with Crippen molar-refractivity contribution >= 4 is 39.5 Å². The first-order valence-electron chi connectivity index (χ1n) is 40.5. The highest BCUT2D eigenvalue weighted by Gasteiger charge is 2.30. The maximum atomic E-state index is 13.1. The summed E-state index contributed by atoms with van der Waals surface area (Å²) in [5.74, 6) is -2.26. The minimum atomic E-state index is -4.99. The lowest BCUT2D eigenvalue weighted by Crippen LogP contribution is -2.30.